The summed E-state index contributed by atoms with van der Waals surface area (Å²) in [5.74, 6) is 0.0159. The minimum Gasteiger partial charge on any atom is -0.388 e. The Morgan fingerprint density at radius 3 is 2.58 bits per heavy atom. The van der Waals surface area contributed by atoms with Crippen molar-refractivity contribution in [3.05, 3.63) is 93.1 Å². The number of rotatable bonds is 7. The molecule has 9 nitrogen and oxygen atoms in total. The van der Waals surface area contributed by atoms with Gasteiger partial charge in [0, 0.05) is 31.7 Å². The van der Waals surface area contributed by atoms with Gasteiger partial charge < -0.3 is 20.1 Å². The quantitative estimate of drug-likeness (QED) is 0.308. The first-order valence-electron chi connectivity index (χ1n) is 14.9. The first-order chi connectivity index (χ1) is 21.5. The lowest BCUT2D eigenvalue weighted by Crippen LogP contribution is -2.49. The van der Waals surface area contributed by atoms with Crippen LogP contribution in [0.25, 0.3) is 16.7 Å². The summed E-state index contributed by atoms with van der Waals surface area (Å²) < 4.78 is 50.5. The van der Waals surface area contributed by atoms with Crippen LogP contribution in [-0.2, 0) is 28.7 Å². The van der Waals surface area contributed by atoms with Crippen LogP contribution in [0.1, 0.15) is 42.0 Å². The minimum absolute atomic E-state index is 0.0159. The second-order valence-corrected chi connectivity index (χ2v) is 12.0. The third-order valence-corrected chi connectivity index (χ3v) is 8.90. The van der Waals surface area contributed by atoms with Gasteiger partial charge in [-0.15, -0.1) is 0 Å². The molecule has 2 aliphatic rings. The van der Waals surface area contributed by atoms with E-state index >= 15 is 0 Å². The largest absolute Gasteiger partial charge is 0.416 e. The zero-order valence-corrected chi connectivity index (χ0v) is 25.2. The number of carbonyl (C=O) groups excluding carboxylic acids is 1. The highest BCUT2D eigenvalue weighted by Crippen LogP contribution is 2.38. The molecule has 0 aliphatic carbocycles. The number of ether oxygens (including phenoxy) is 1. The molecule has 0 radical (unpaired) electrons. The highest BCUT2D eigenvalue weighted by molar-refractivity contribution is 6.31. The molecule has 2 aromatic carbocycles. The summed E-state index contributed by atoms with van der Waals surface area (Å²) in [6.07, 6.45) is -1.79. The normalized spacial score (nSPS) is 18.8. The first kappa shape index (κ1) is 31.3. The maximum atomic E-state index is 14.2. The number of fused-ring (bicyclic) bond motifs is 1. The van der Waals surface area contributed by atoms with Crippen LogP contribution in [0.2, 0.25) is 5.15 Å². The van der Waals surface area contributed by atoms with Crippen molar-refractivity contribution in [3.63, 3.8) is 0 Å². The van der Waals surface area contributed by atoms with Crippen LogP contribution in [0.5, 0.6) is 0 Å². The van der Waals surface area contributed by atoms with Gasteiger partial charge in [-0.25, -0.2) is 4.98 Å². The second-order valence-electron chi connectivity index (χ2n) is 11.7. The van der Waals surface area contributed by atoms with Crippen molar-refractivity contribution in [1.82, 2.24) is 24.3 Å². The molecule has 0 spiro atoms. The fourth-order valence-electron chi connectivity index (χ4n) is 6.14. The number of morpholine rings is 1. The summed E-state index contributed by atoms with van der Waals surface area (Å²) in [5, 5.41) is 14.5. The maximum Gasteiger partial charge on any atom is 0.416 e. The molecule has 2 fully saturated rings. The molecule has 13 heteroatoms. The molecule has 2 aliphatic heterocycles. The van der Waals surface area contributed by atoms with E-state index in [0.29, 0.717) is 39.1 Å². The summed E-state index contributed by atoms with van der Waals surface area (Å²) >= 11 is 6.49. The van der Waals surface area contributed by atoms with Crippen LogP contribution < -0.4 is 10.9 Å². The molecule has 1 amide bonds. The lowest BCUT2D eigenvalue weighted by atomic mass is 9.91. The van der Waals surface area contributed by atoms with E-state index in [9.17, 15) is 27.9 Å². The van der Waals surface area contributed by atoms with E-state index < -0.39 is 28.9 Å². The number of aryl methyl sites for hydroxylation is 1. The van der Waals surface area contributed by atoms with Gasteiger partial charge in [-0.05, 0) is 48.6 Å². The average Bonchev–Trinajstić information content (AvgIpc) is 3.38. The van der Waals surface area contributed by atoms with Crippen molar-refractivity contribution in [1.29, 1.82) is 0 Å². The van der Waals surface area contributed by atoms with E-state index in [0.717, 1.165) is 11.6 Å². The number of hydrogen-bond donors (Lipinski definition) is 2. The number of hydrogen-bond acceptors (Lipinski definition) is 6. The Morgan fingerprint density at radius 2 is 1.89 bits per heavy atom. The van der Waals surface area contributed by atoms with Gasteiger partial charge in [-0.3, -0.25) is 18.7 Å². The summed E-state index contributed by atoms with van der Waals surface area (Å²) in [6.45, 7) is 1.65. The molecule has 4 aromatic rings. The smallest absolute Gasteiger partial charge is 0.388 e. The molecule has 2 saturated heterocycles. The number of alkyl halides is 3. The molecule has 6 rings (SSSR count). The zero-order valence-electron chi connectivity index (χ0n) is 24.4. The average molecular weight is 644 g/mol. The molecule has 45 heavy (non-hydrogen) atoms. The lowest BCUT2D eigenvalue weighted by molar-refractivity contribution is -0.139. The highest BCUT2D eigenvalue weighted by Gasteiger charge is 2.37. The standard InChI is InChI=1S/C32H33ClF3N5O4/c33-27-17-24-29(41(27)22-7-8-23(25(16-22)32(34,35)36)26-18-45-15-12-37-26)38-20-40(30(24)43)19-31(44)10-13-39(14-11-31)28(42)9-6-21-4-2-1-3-5-21/h1-5,7-8,16-17,20,26,37,44H,6,9-15,18-19H2. The Balaban J connectivity index is 1.19. The lowest BCUT2D eigenvalue weighted by Gasteiger charge is -2.38. The molecule has 0 bridgehead atoms. The van der Waals surface area contributed by atoms with Crippen molar-refractivity contribution in [2.75, 3.05) is 32.8 Å². The van der Waals surface area contributed by atoms with Gasteiger partial charge in [0.2, 0.25) is 5.91 Å². The van der Waals surface area contributed by atoms with E-state index in [1.54, 1.807) is 4.90 Å². The van der Waals surface area contributed by atoms with Crippen molar-refractivity contribution in [3.8, 4) is 5.69 Å². The van der Waals surface area contributed by atoms with E-state index in [2.05, 4.69) is 10.3 Å². The maximum absolute atomic E-state index is 14.2. The topological polar surface area (TPSA) is 102 Å². The Morgan fingerprint density at radius 1 is 1.13 bits per heavy atom. The van der Waals surface area contributed by atoms with Crippen LogP contribution >= 0.6 is 11.6 Å². The molecule has 1 atom stereocenters. The van der Waals surface area contributed by atoms with Crippen LogP contribution in [0, 0.1) is 0 Å². The van der Waals surface area contributed by atoms with Gasteiger partial charge >= 0.3 is 6.18 Å². The second kappa shape index (κ2) is 12.6. The summed E-state index contributed by atoms with van der Waals surface area (Å²) in [4.78, 5) is 32.4. The summed E-state index contributed by atoms with van der Waals surface area (Å²) in [6, 6.07) is 14.4. The van der Waals surface area contributed by atoms with Crippen LogP contribution in [0.4, 0.5) is 13.2 Å². The fraction of sp³-hybridized carbons (Fsp3) is 0.406. The molecule has 4 heterocycles. The number of nitrogens with one attached hydrogen (secondary N) is 1. The Bertz CT molecular complexity index is 1740. The zero-order chi connectivity index (χ0) is 31.8. The number of carbonyl (C=O) groups is 1. The summed E-state index contributed by atoms with van der Waals surface area (Å²) in [5.41, 5.74) is -1.20. The molecular formula is C32H33ClF3N5O4. The molecule has 0 saturated carbocycles. The highest BCUT2D eigenvalue weighted by atomic mass is 35.5. The number of aromatic nitrogens is 3. The SMILES string of the molecule is O=C(CCc1ccccc1)N1CCC(O)(Cn2cnc3c(cc(Cl)n3-c3ccc(C4COCCN4)c(C(F)(F)F)c3)c2=O)CC1. The van der Waals surface area contributed by atoms with Gasteiger partial charge in [-0.2, -0.15) is 13.2 Å². The van der Waals surface area contributed by atoms with Crippen LogP contribution in [-0.4, -0.2) is 68.5 Å². The van der Waals surface area contributed by atoms with Crippen LogP contribution in [0.15, 0.2) is 65.7 Å². The molecule has 1 unspecified atom stereocenters. The Labute approximate surface area is 262 Å². The number of likely N-dealkylation sites (tertiary alicyclic amines) is 1. The Kier molecular flexibility index (Phi) is 8.75. The van der Waals surface area contributed by atoms with Crippen molar-refractivity contribution < 1.29 is 27.8 Å². The van der Waals surface area contributed by atoms with Crippen molar-refractivity contribution in [2.24, 2.45) is 0 Å². The number of nitrogens with zero attached hydrogens (tertiary/aromatic N) is 4. The van der Waals surface area contributed by atoms with Gasteiger partial charge in [0.15, 0.2) is 5.65 Å². The molecular weight excluding hydrogens is 611 g/mol. The number of halogens is 4. The fourth-order valence-corrected chi connectivity index (χ4v) is 6.43. The van der Waals surface area contributed by atoms with Crippen LogP contribution in [0.3, 0.4) is 0 Å². The predicted octanol–water partition coefficient (Wildman–Crippen LogP) is 4.51. The van der Waals surface area contributed by atoms with Gasteiger partial charge in [0.25, 0.3) is 5.56 Å². The Hall–Kier alpha value is -3.71. The van der Waals surface area contributed by atoms with Gasteiger partial charge in [0.1, 0.15) is 11.5 Å². The summed E-state index contributed by atoms with van der Waals surface area (Å²) in [7, 11) is 0. The number of amides is 1. The van der Waals surface area contributed by atoms with E-state index in [1.807, 2.05) is 30.3 Å². The molecule has 2 N–H and O–H groups in total. The first-order valence-corrected chi connectivity index (χ1v) is 15.2. The van der Waals surface area contributed by atoms with E-state index in [1.165, 1.54) is 33.7 Å². The third-order valence-electron chi connectivity index (χ3n) is 8.62. The molecule has 2 aromatic heterocycles. The van der Waals surface area contributed by atoms with Crippen molar-refractivity contribution in [2.45, 2.75) is 50.0 Å². The van der Waals surface area contributed by atoms with Crippen molar-refractivity contribution >= 4 is 28.5 Å². The van der Waals surface area contributed by atoms with E-state index in [-0.39, 0.29) is 59.3 Å². The third kappa shape index (κ3) is 6.64. The number of benzene rings is 2. The predicted molar refractivity (Wildman–Crippen MR) is 162 cm³/mol. The minimum atomic E-state index is -4.64. The van der Waals surface area contributed by atoms with E-state index in [4.69, 9.17) is 16.3 Å². The monoisotopic (exact) mass is 643 g/mol. The van der Waals surface area contributed by atoms with Gasteiger partial charge in [-0.1, -0.05) is 48.0 Å². The number of piperidine rings is 1. The number of aliphatic hydroxyl groups is 1. The van der Waals surface area contributed by atoms with Gasteiger partial charge in [0.05, 0.1) is 42.4 Å². The molecule has 238 valence electrons.